The fourth-order valence-electron chi connectivity index (χ4n) is 2.55. The molecule has 0 spiro atoms. The van der Waals surface area contributed by atoms with Gasteiger partial charge in [0.05, 0.1) is 11.6 Å². The maximum absolute atomic E-state index is 13.8. The third-order valence-electron chi connectivity index (χ3n) is 3.54. The van der Waals surface area contributed by atoms with Gasteiger partial charge in [-0.05, 0) is 42.7 Å². The number of halogens is 4. The van der Waals surface area contributed by atoms with Gasteiger partial charge in [-0.2, -0.15) is 0 Å². The van der Waals surface area contributed by atoms with Crippen LogP contribution in [0.4, 0.5) is 8.78 Å². The van der Waals surface area contributed by atoms with Crippen LogP contribution in [0.2, 0.25) is 5.02 Å². The van der Waals surface area contributed by atoms with E-state index >= 15 is 0 Å². The van der Waals surface area contributed by atoms with Crippen molar-refractivity contribution in [2.24, 2.45) is 4.99 Å². The number of aliphatic imine (C=N–C) groups is 1. The number of hydrogen-bond donors (Lipinski definition) is 0. The van der Waals surface area contributed by atoms with Crippen LogP contribution in [0.15, 0.2) is 45.9 Å². The van der Waals surface area contributed by atoms with Crippen LogP contribution in [0.25, 0.3) is 0 Å². The van der Waals surface area contributed by atoms with Gasteiger partial charge in [-0.15, -0.1) is 0 Å². The van der Waals surface area contributed by atoms with Crippen LogP contribution >= 0.6 is 27.5 Å². The quantitative estimate of drug-likeness (QED) is 0.642. The number of benzene rings is 2. The molecule has 0 fully saturated rings. The van der Waals surface area contributed by atoms with E-state index in [2.05, 4.69) is 20.9 Å². The van der Waals surface area contributed by atoms with Crippen molar-refractivity contribution in [2.45, 2.75) is 18.9 Å². The summed E-state index contributed by atoms with van der Waals surface area (Å²) in [5.74, 6) is -1.15. The zero-order valence-electron chi connectivity index (χ0n) is 10.9. The lowest BCUT2D eigenvalue weighted by atomic mass is 10.0. The molecule has 5 heteroatoms. The first-order valence-electron chi connectivity index (χ1n) is 6.52. The molecule has 0 bridgehead atoms. The largest absolute Gasteiger partial charge is 0.281 e. The Labute approximate surface area is 134 Å². The molecule has 0 saturated carbocycles. The van der Waals surface area contributed by atoms with Crippen molar-refractivity contribution in [1.29, 1.82) is 0 Å². The zero-order chi connectivity index (χ0) is 15.0. The molecule has 1 aliphatic rings. The fraction of sp³-hybridized carbons (Fsp3) is 0.188. The van der Waals surface area contributed by atoms with Crippen molar-refractivity contribution in [3.05, 3.63) is 68.7 Å². The lowest BCUT2D eigenvalue weighted by Crippen LogP contribution is -2.03. The van der Waals surface area contributed by atoms with Crippen LogP contribution < -0.4 is 0 Å². The molecule has 0 aliphatic carbocycles. The Balaban J connectivity index is 1.98. The third-order valence-corrected chi connectivity index (χ3v) is 4.36. The summed E-state index contributed by atoms with van der Waals surface area (Å²) in [7, 11) is 0. The molecule has 2 aromatic rings. The van der Waals surface area contributed by atoms with Gasteiger partial charge in [0, 0.05) is 15.2 Å². The first-order valence-corrected chi connectivity index (χ1v) is 7.69. The number of nitrogens with zero attached hydrogens (tertiary/aromatic N) is 1. The molecular weight excluding hydrogens is 360 g/mol. The first-order chi connectivity index (χ1) is 10.1. The van der Waals surface area contributed by atoms with Crippen molar-refractivity contribution >= 4 is 33.2 Å². The summed E-state index contributed by atoms with van der Waals surface area (Å²) in [5.41, 5.74) is 1.33. The lowest BCUT2D eigenvalue weighted by Gasteiger charge is -2.09. The van der Waals surface area contributed by atoms with E-state index in [1.807, 2.05) is 12.1 Å². The Morgan fingerprint density at radius 3 is 2.52 bits per heavy atom. The predicted octanol–water partition coefficient (Wildman–Crippen LogP) is 5.70. The maximum Gasteiger partial charge on any atom is 0.135 e. The van der Waals surface area contributed by atoms with Crippen LogP contribution in [0.1, 0.15) is 30.0 Å². The van der Waals surface area contributed by atoms with Crippen molar-refractivity contribution in [1.82, 2.24) is 0 Å². The first kappa shape index (κ1) is 14.7. The van der Waals surface area contributed by atoms with Gasteiger partial charge < -0.3 is 0 Å². The summed E-state index contributed by atoms with van der Waals surface area (Å²) in [5, 5.41) is 0.605. The van der Waals surface area contributed by atoms with E-state index in [4.69, 9.17) is 11.6 Å². The summed E-state index contributed by atoms with van der Waals surface area (Å²) >= 11 is 9.57. The summed E-state index contributed by atoms with van der Waals surface area (Å²) in [6.45, 7) is 0. The molecule has 1 heterocycles. The number of rotatable bonds is 2. The van der Waals surface area contributed by atoms with Crippen molar-refractivity contribution < 1.29 is 8.78 Å². The van der Waals surface area contributed by atoms with Gasteiger partial charge >= 0.3 is 0 Å². The second-order valence-corrected chi connectivity index (χ2v) is 6.22. The molecule has 1 atom stereocenters. The maximum atomic E-state index is 13.8. The van der Waals surface area contributed by atoms with E-state index in [1.54, 1.807) is 6.07 Å². The minimum Gasteiger partial charge on any atom is -0.281 e. The van der Waals surface area contributed by atoms with Crippen LogP contribution in [0.5, 0.6) is 0 Å². The minimum atomic E-state index is -0.573. The molecule has 3 rings (SSSR count). The van der Waals surface area contributed by atoms with Gasteiger partial charge in [-0.1, -0.05) is 39.7 Å². The second kappa shape index (κ2) is 5.85. The Morgan fingerprint density at radius 1 is 1.14 bits per heavy atom. The fourth-order valence-corrected chi connectivity index (χ4v) is 3.35. The molecule has 0 radical (unpaired) electrons. The minimum absolute atomic E-state index is 0.0202. The van der Waals surface area contributed by atoms with Crippen LogP contribution in [0.3, 0.4) is 0 Å². The van der Waals surface area contributed by atoms with Gasteiger partial charge in [0.1, 0.15) is 11.6 Å². The van der Waals surface area contributed by atoms with Crippen LogP contribution in [-0.2, 0) is 0 Å². The summed E-state index contributed by atoms with van der Waals surface area (Å²) in [4.78, 5) is 4.48. The van der Waals surface area contributed by atoms with E-state index in [-0.39, 0.29) is 11.6 Å². The summed E-state index contributed by atoms with van der Waals surface area (Å²) in [6, 6.07) is 9.28. The van der Waals surface area contributed by atoms with Gasteiger partial charge in [-0.3, -0.25) is 4.99 Å². The molecule has 0 N–H and O–H groups in total. The van der Waals surface area contributed by atoms with Crippen molar-refractivity contribution in [3.8, 4) is 0 Å². The smallest absolute Gasteiger partial charge is 0.135 e. The Bertz CT molecular complexity index is 710. The lowest BCUT2D eigenvalue weighted by molar-refractivity contribution is 0.578. The monoisotopic (exact) mass is 369 g/mol. The number of hydrogen-bond acceptors (Lipinski definition) is 1. The SMILES string of the molecule is Fc1cccc(F)c1C1=N[C@@H](c2ccc(Br)cc2Cl)CC1. The molecule has 0 amide bonds. The third kappa shape index (κ3) is 2.87. The molecule has 1 aliphatic heterocycles. The highest BCUT2D eigenvalue weighted by atomic mass is 79.9. The van der Waals surface area contributed by atoms with Gasteiger partial charge in [-0.25, -0.2) is 8.78 Å². The molecule has 21 heavy (non-hydrogen) atoms. The van der Waals surface area contributed by atoms with Crippen molar-refractivity contribution in [2.75, 3.05) is 0 Å². The highest BCUT2D eigenvalue weighted by Gasteiger charge is 2.25. The van der Waals surface area contributed by atoms with E-state index in [1.165, 1.54) is 18.2 Å². The molecule has 2 aromatic carbocycles. The highest BCUT2D eigenvalue weighted by molar-refractivity contribution is 9.10. The predicted molar refractivity (Wildman–Crippen MR) is 84.0 cm³/mol. The van der Waals surface area contributed by atoms with Crippen LogP contribution in [0, 0.1) is 11.6 Å². The standard InChI is InChI=1S/C16H11BrClF2N/c17-9-4-5-10(11(18)8-9)14-6-7-15(21-14)16-12(19)2-1-3-13(16)20/h1-5,8,14H,6-7H2/t14-/m1/s1. The van der Waals surface area contributed by atoms with Gasteiger partial charge in [0.15, 0.2) is 0 Å². The molecule has 108 valence electrons. The van der Waals surface area contributed by atoms with Crippen LogP contribution in [-0.4, -0.2) is 5.71 Å². The van der Waals surface area contributed by atoms with Crippen molar-refractivity contribution in [3.63, 3.8) is 0 Å². The van der Waals surface area contributed by atoms with Gasteiger partial charge in [0.25, 0.3) is 0 Å². The molecule has 1 nitrogen and oxygen atoms in total. The average molecular weight is 371 g/mol. The molecule has 0 saturated heterocycles. The van der Waals surface area contributed by atoms with E-state index in [0.29, 0.717) is 23.6 Å². The second-order valence-electron chi connectivity index (χ2n) is 4.89. The van der Waals surface area contributed by atoms with Gasteiger partial charge in [0.2, 0.25) is 0 Å². The molecule has 0 aromatic heterocycles. The molecule has 0 unspecified atom stereocenters. The normalized spacial score (nSPS) is 17.9. The Kier molecular flexibility index (Phi) is 4.09. The highest BCUT2D eigenvalue weighted by Crippen LogP contribution is 2.36. The zero-order valence-corrected chi connectivity index (χ0v) is 13.3. The Morgan fingerprint density at radius 2 is 1.86 bits per heavy atom. The molecular formula is C16H11BrClF2N. The van der Waals surface area contributed by atoms with E-state index in [0.717, 1.165) is 10.0 Å². The van der Waals surface area contributed by atoms with E-state index in [9.17, 15) is 8.78 Å². The topological polar surface area (TPSA) is 12.4 Å². The average Bonchev–Trinajstić information content (AvgIpc) is 2.87. The van der Waals surface area contributed by atoms with E-state index < -0.39 is 11.6 Å². The summed E-state index contributed by atoms with van der Waals surface area (Å²) < 4.78 is 28.5. The summed E-state index contributed by atoms with van der Waals surface area (Å²) in [6.07, 6.45) is 1.24. The Hall–Kier alpha value is -1.26.